The van der Waals surface area contributed by atoms with Gasteiger partial charge in [-0.1, -0.05) is 12.1 Å². The number of nitrogens with zero attached hydrogens (tertiary/aromatic N) is 1. The van der Waals surface area contributed by atoms with E-state index >= 15 is 0 Å². The van der Waals surface area contributed by atoms with Crippen LogP contribution in [0.25, 0.3) is 0 Å². The molecule has 8 heteroatoms. The first kappa shape index (κ1) is 17.2. The number of imide groups is 1. The van der Waals surface area contributed by atoms with Gasteiger partial charge in [0.15, 0.2) is 0 Å². The van der Waals surface area contributed by atoms with Crippen LogP contribution in [0, 0.1) is 5.82 Å². The molecule has 1 aliphatic heterocycles. The standard InChI is InChI=1S/C17H15FN2O4S/c18-13-3-1-12(2-4-13)11-19-25(23,24)15-7-5-14(6-8-15)20-16(21)9-10-17(20)22/h1-8,19H,9-11H2. The van der Waals surface area contributed by atoms with Crippen molar-refractivity contribution in [3.63, 3.8) is 0 Å². The van der Waals surface area contributed by atoms with Crippen molar-refractivity contribution in [3.8, 4) is 0 Å². The van der Waals surface area contributed by atoms with E-state index in [0.29, 0.717) is 11.3 Å². The number of anilines is 1. The van der Waals surface area contributed by atoms with Gasteiger partial charge >= 0.3 is 0 Å². The van der Waals surface area contributed by atoms with E-state index in [1.165, 1.54) is 48.5 Å². The highest BCUT2D eigenvalue weighted by Gasteiger charge is 2.30. The third-order valence-corrected chi connectivity index (χ3v) is 5.25. The Balaban J connectivity index is 1.73. The third kappa shape index (κ3) is 3.75. The van der Waals surface area contributed by atoms with Crippen molar-refractivity contribution < 1.29 is 22.4 Å². The number of carbonyl (C=O) groups excluding carboxylic acids is 2. The molecule has 2 aromatic rings. The summed E-state index contributed by atoms with van der Waals surface area (Å²) >= 11 is 0. The lowest BCUT2D eigenvalue weighted by Gasteiger charge is -2.14. The Kier molecular flexibility index (Phi) is 4.65. The average molecular weight is 362 g/mol. The van der Waals surface area contributed by atoms with E-state index in [1.807, 2.05) is 0 Å². The lowest BCUT2D eigenvalue weighted by molar-refractivity contribution is -0.121. The summed E-state index contributed by atoms with van der Waals surface area (Å²) < 4.78 is 39.9. The molecular formula is C17H15FN2O4S. The van der Waals surface area contributed by atoms with E-state index in [9.17, 15) is 22.4 Å². The highest BCUT2D eigenvalue weighted by atomic mass is 32.2. The highest BCUT2D eigenvalue weighted by Crippen LogP contribution is 2.24. The number of rotatable bonds is 5. The minimum Gasteiger partial charge on any atom is -0.274 e. The van der Waals surface area contributed by atoms with Crippen LogP contribution < -0.4 is 9.62 Å². The topological polar surface area (TPSA) is 83.6 Å². The first-order chi connectivity index (χ1) is 11.9. The van der Waals surface area contributed by atoms with Gasteiger partial charge in [-0.15, -0.1) is 0 Å². The Morgan fingerprint density at radius 3 is 2.04 bits per heavy atom. The Labute approximate surface area is 144 Å². The molecule has 0 unspecified atom stereocenters. The van der Waals surface area contributed by atoms with Gasteiger partial charge in [0.05, 0.1) is 10.6 Å². The normalized spacial score (nSPS) is 15.0. The molecule has 130 valence electrons. The zero-order chi connectivity index (χ0) is 18.0. The van der Waals surface area contributed by atoms with Crippen LogP contribution in [0.15, 0.2) is 53.4 Å². The van der Waals surface area contributed by atoms with E-state index in [0.717, 1.165) is 4.90 Å². The van der Waals surface area contributed by atoms with Crippen molar-refractivity contribution in [1.82, 2.24) is 4.72 Å². The molecular weight excluding hydrogens is 347 g/mol. The summed E-state index contributed by atoms with van der Waals surface area (Å²) in [6.07, 6.45) is 0.330. The van der Waals surface area contributed by atoms with Crippen LogP contribution in [0.4, 0.5) is 10.1 Å². The van der Waals surface area contributed by atoms with Gasteiger partial charge in [-0.25, -0.2) is 17.5 Å². The van der Waals surface area contributed by atoms with Crippen LogP contribution in [-0.4, -0.2) is 20.2 Å². The highest BCUT2D eigenvalue weighted by molar-refractivity contribution is 7.89. The Bertz CT molecular complexity index is 893. The lowest BCUT2D eigenvalue weighted by atomic mass is 10.2. The van der Waals surface area contributed by atoms with Crippen LogP contribution in [-0.2, 0) is 26.2 Å². The number of amides is 2. The summed E-state index contributed by atoms with van der Waals surface area (Å²) in [6.45, 7) is 0.0213. The molecule has 0 aliphatic carbocycles. The molecule has 2 amide bonds. The number of halogens is 1. The molecule has 0 radical (unpaired) electrons. The maximum Gasteiger partial charge on any atom is 0.240 e. The van der Waals surface area contributed by atoms with Gasteiger partial charge in [-0.3, -0.25) is 14.5 Å². The number of sulfonamides is 1. The Hall–Kier alpha value is -2.58. The predicted molar refractivity (Wildman–Crippen MR) is 88.6 cm³/mol. The van der Waals surface area contributed by atoms with Crippen LogP contribution in [0.1, 0.15) is 18.4 Å². The average Bonchev–Trinajstić information content (AvgIpc) is 2.93. The monoisotopic (exact) mass is 362 g/mol. The smallest absolute Gasteiger partial charge is 0.240 e. The van der Waals surface area contributed by atoms with Crippen molar-refractivity contribution in [1.29, 1.82) is 0 Å². The Morgan fingerprint density at radius 1 is 0.920 bits per heavy atom. The molecule has 25 heavy (non-hydrogen) atoms. The van der Waals surface area contributed by atoms with Gasteiger partial charge < -0.3 is 0 Å². The van der Waals surface area contributed by atoms with E-state index in [1.54, 1.807) is 0 Å². The summed E-state index contributed by atoms with van der Waals surface area (Å²) in [5, 5.41) is 0. The summed E-state index contributed by atoms with van der Waals surface area (Å²) in [5.41, 5.74) is 0.972. The summed E-state index contributed by atoms with van der Waals surface area (Å²) in [5.74, 6) is -0.988. The number of hydrogen-bond acceptors (Lipinski definition) is 4. The zero-order valence-electron chi connectivity index (χ0n) is 13.1. The number of nitrogens with one attached hydrogen (secondary N) is 1. The predicted octanol–water partition coefficient (Wildman–Crippen LogP) is 1.96. The molecule has 3 rings (SSSR count). The molecule has 1 heterocycles. The first-order valence-electron chi connectivity index (χ1n) is 7.57. The molecule has 1 fully saturated rings. The molecule has 0 saturated carbocycles. The fraction of sp³-hybridized carbons (Fsp3) is 0.176. The van der Waals surface area contributed by atoms with E-state index in [4.69, 9.17) is 0 Å². The maximum atomic E-state index is 12.9. The largest absolute Gasteiger partial charge is 0.274 e. The molecule has 0 bridgehead atoms. The van der Waals surface area contributed by atoms with Crippen molar-refractivity contribution in [2.24, 2.45) is 0 Å². The number of benzene rings is 2. The number of carbonyl (C=O) groups is 2. The van der Waals surface area contributed by atoms with Crippen molar-refractivity contribution >= 4 is 27.5 Å². The zero-order valence-corrected chi connectivity index (χ0v) is 13.9. The van der Waals surface area contributed by atoms with Crippen molar-refractivity contribution in [3.05, 3.63) is 59.9 Å². The van der Waals surface area contributed by atoms with Gasteiger partial charge in [-0.05, 0) is 42.0 Å². The minimum atomic E-state index is -3.77. The SMILES string of the molecule is O=C1CCC(=O)N1c1ccc(S(=O)(=O)NCc2ccc(F)cc2)cc1. The van der Waals surface area contributed by atoms with Gasteiger partial charge in [0.1, 0.15) is 5.82 Å². The van der Waals surface area contributed by atoms with Gasteiger partial charge in [0.25, 0.3) is 0 Å². The Morgan fingerprint density at radius 2 is 1.48 bits per heavy atom. The molecule has 1 saturated heterocycles. The quantitative estimate of drug-likeness (QED) is 0.824. The molecule has 1 aliphatic rings. The molecule has 0 aromatic heterocycles. The van der Waals surface area contributed by atoms with Crippen LogP contribution in [0.3, 0.4) is 0 Å². The minimum absolute atomic E-state index is 0.0115. The summed E-state index contributed by atoms with van der Waals surface area (Å²) in [4.78, 5) is 24.5. The molecule has 1 N–H and O–H groups in total. The maximum absolute atomic E-state index is 12.9. The van der Waals surface area contributed by atoms with Gasteiger partial charge in [-0.2, -0.15) is 0 Å². The second-order valence-electron chi connectivity index (χ2n) is 5.57. The van der Waals surface area contributed by atoms with Crippen molar-refractivity contribution in [2.75, 3.05) is 4.90 Å². The van der Waals surface area contributed by atoms with E-state index < -0.39 is 15.8 Å². The molecule has 6 nitrogen and oxygen atoms in total. The first-order valence-corrected chi connectivity index (χ1v) is 9.05. The molecule has 2 aromatic carbocycles. The molecule has 0 atom stereocenters. The van der Waals surface area contributed by atoms with Crippen molar-refractivity contribution in [2.45, 2.75) is 24.3 Å². The van der Waals surface area contributed by atoms with Gasteiger partial charge in [0, 0.05) is 19.4 Å². The van der Waals surface area contributed by atoms with Crippen LogP contribution in [0.2, 0.25) is 0 Å². The second-order valence-corrected chi connectivity index (χ2v) is 7.33. The van der Waals surface area contributed by atoms with Crippen LogP contribution in [0.5, 0.6) is 0 Å². The van der Waals surface area contributed by atoms with Gasteiger partial charge in [0.2, 0.25) is 21.8 Å². The lowest BCUT2D eigenvalue weighted by Crippen LogP contribution is -2.28. The summed E-state index contributed by atoms with van der Waals surface area (Å²) in [7, 11) is -3.77. The van der Waals surface area contributed by atoms with Crippen LogP contribution >= 0.6 is 0 Å². The number of hydrogen-bond donors (Lipinski definition) is 1. The van der Waals surface area contributed by atoms with E-state index in [-0.39, 0.29) is 36.1 Å². The van der Waals surface area contributed by atoms with E-state index in [2.05, 4.69) is 4.72 Å². The summed E-state index contributed by atoms with van der Waals surface area (Å²) in [6, 6.07) is 11.0. The molecule has 0 spiro atoms. The fourth-order valence-corrected chi connectivity index (χ4v) is 3.52. The third-order valence-electron chi connectivity index (χ3n) is 3.84. The second kappa shape index (κ2) is 6.73. The fourth-order valence-electron chi connectivity index (χ4n) is 2.50.